The molecule has 0 amide bonds. The predicted molar refractivity (Wildman–Crippen MR) is 71.7 cm³/mol. The van der Waals surface area contributed by atoms with Crippen LogP contribution in [0.5, 0.6) is 5.75 Å². The number of methoxy groups -OCH3 is 1. The monoisotopic (exact) mass is 281 g/mol. The topological polar surface area (TPSA) is 91.1 Å². The minimum Gasteiger partial charge on any atom is -0.494 e. The first-order valence-electron chi connectivity index (χ1n) is 6.33. The number of ether oxygens (including phenoxy) is 2. The highest BCUT2D eigenvalue weighted by Crippen LogP contribution is 2.27. The van der Waals surface area contributed by atoms with Crippen molar-refractivity contribution in [3.05, 3.63) is 33.9 Å². The maximum Gasteiger partial charge on any atom is 0.496 e. The first-order valence-corrected chi connectivity index (χ1v) is 6.33. The Hall–Kier alpha value is -1.64. The molecule has 7 nitrogen and oxygen atoms in total. The minimum absolute atomic E-state index is 0.378. The summed E-state index contributed by atoms with van der Waals surface area (Å²) in [6, 6.07) is 5.16. The molecule has 0 radical (unpaired) electrons. The third-order valence-electron chi connectivity index (χ3n) is 3.05. The van der Waals surface area contributed by atoms with Gasteiger partial charge in [0.25, 0.3) is 0 Å². The van der Waals surface area contributed by atoms with Gasteiger partial charge >= 0.3 is 7.12 Å². The van der Waals surface area contributed by atoms with Gasteiger partial charge in [-0.3, -0.25) is 10.1 Å². The normalized spacial score (nSPS) is 17.1. The van der Waals surface area contributed by atoms with Gasteiger partial charge in [-0.05, 0) is 11.6 Å². The maximum atomic E-state index is 10.6. The second kappa shape index (κ2) is 6.69. The van der Waals surface area contributed by atoms with Crippen molar-refractivity contribution < 1.29 is 24.1 Å². The first-order chi connectivity index (χ1) is 9.63. The Balaban J connectivity index is 2.12. The lowest BCUT2D eigenvalue weighted by Crippen LogP contribution is -2.30. The van der Waals surface area contributed by atoms with Crippen LogP contribution in [0.1, 0.15) is 18.1 Å². The van der Waals surface area contributed by atoms with Gasteiger partial charge in [0.15, 0.2) is 0 Å². The fourth-order valence-electron chi connectivity index (χ4n) is 2.19. The molecule has 1 N–H and O–H groups in total. The van der Waals surface area contributed by atoms with Gasteiger partial charge in [-0.2, -0.15) is 0 Å². The Morgan fingerprint density at radius 1 is 1.50 bits per heavy atom. The SMILES string of the molecule is COCCCOc1cccc2c1B(O)OC2C[N+](=O)[O-]. The molecule has 20 heavy (non-hydrogen) atoms. The molecule has 0 saturated carbocycles. The van der Waals surface area contributed by atoms with Gasteiger partial charge in [0.05, 0.1) is 6.61 Å². The van der Waals surface area contributed by atoms with E-state index in [1.165, 1.54) is 0 Å². The van der Waals surface area contributed by atoms with Crippen LogP contribution in [0.3, 0.4) is 0 Å². The zero-order valence-corrected chi connectivity index (χ0v) is 11.2. The van der Waals surface area contributed by atoms with Gasteiger partial charge in [0.2, 0.25) is 6.54 Å². The van der Waals surface area contributed by atoms with Crippen LogP contribution in [-0.2, 0) is 9.39 Å². The third-order valence-corrected chi connectivity index (χ3v) is 3.05. The highest BCUT2D eigenvalue weighted by Gasteiger charge is 2.40. The van der Waals surface area contributed by atoms with E-state index in [0.29, 0.717) is 30.0 Å². The molecule has 1 aliphatic rings. The van der Waals surface area contributed by atoms with E-state index in [0.717, 1.165) is 6.42 Å². The Bertz CT molecular complexity index is 483. The minimum atomic E-state index is -1.19. The fourth-order valence-corrected chi connectivity index (χ4v) is 2.19. The van der Waals surface area contributed by atoms with Crippen molar-refractivity contribution in [2.45, 2.75) is 12.5 Å². The van der Waals surface area contributed by atoms with Gasteiger partial charge in [0.1, 0.15) is 11.9 Å². The summed E-state index contributed by atoms with van der Waals surface area (Å²) >= 11 is 0. The third kappa shape index (κ3) is 3.27. The van der Waals surface area contributed by atoms with E-state index in [1.54, 1.807) is 25.3 Å². The van der Waals surface area contributed by atoms with Crippen molar-refractivity contribution >= 4 is 12.6 Å². The Kier molecular flexibility index (Phi) is 4.94. The van der Waals surface area contributed by atoms with E-state index >= 15 is 0 Å². The zero-order valence-electron chi connectivity index (χ0n) is 11.2. The fraction of sp³-hybridized carbons (Fsp3) is 0.500. The van der Waals surface area contributed by atoms with Crippen LogP contribution in [-0.4, -0.2) is 43.9 Å². The van der Waals surface area contributed by atoms with Gasteiger partial charge in [-0.1, -0.05) is 12.1 Å². The number of nitro groups is 1. The van der Waals surface area contributed by atoms with E-state index in [4.69, 9.17) is 14.1 Å². The van der Waals surface area contributed by atoms with Crippen LogP contribution in [0.4, 0.5) is 0 Å². The van der Waals surface area contributed by atoms with Crippen LogP contribution in [0.15, 0.2) is 18.2 Å². The second-order valence-electron chi connectivity index (χ2n) is 4.45. The van der Waals surface area contributed by atoms with Crippen molar-refractivity contribution in [2.75, 3.05) is 26.9 Å². The quantitative estimate of drug-likeness (QED) is 0.331. The zero-order chi connectivity index (χ0) is 14.5. The Morgan fingerprint density at radius 2 is 2.30 bits per heavy atom. The standard InChI is InChI=1S/C12H16BNO6/c1-18-6-3-7-19-10-5-2-4-9-11(8-14(16)17)20-13(15)12(9)10/h2,4-5,11,15H,3,6-8H2,1H3. The molecule has 8 heteroatoms. The number of hydrogen-bond donors (Lipinski definition) is 1. The molecule has 108 valence electrons. The highest BCUT2D eigenvalue weighted by molar-refractivity contribution is 6.62. The molecule has 1 unspecified atom stereocenters. The lowest BCUT2D eigenvalue weighted by atomic mass is 9.78. The van der Waals surface area contributed by atoms with Gasteiger partial charge in [-0.25, -0.2) is 0 Å². The molecule has 1 heterocycles. The summed E-state index contributed by atoms with van der Waals surface area (Å²) in [6.07, 6.45) is -0.0207. The van der Waals surface area contributed by atoms with E-state index < -0.39 is 18.1 Å². The summed E-state index contributed by atoms with van der Waals surface area (Å²) in [6.45, 7) is 0.645. The number of hydrogen-bond acceptors (Lipinski definition) is 6. The molecule has 1 aromatic carbocycles. The molecule has 1 aromatic rings. The highest BCUT2D eigenvalue weighted by atomic mass is 16.6. The molecular formula is C12H16BNO6. The first kappa shape index (κ1) is 14.8. The molecule has 1 atom stereocenters. The lowest BCUT2D eigenvalue weighted by molar-refractivity contribution is -0.490. The predicted octanol–water partition coefficient (Wildman–Crippen LogP) is 0.137. The summed E-state index contributed by atoms with van der Waals surface area (Å²) in [5.74, 6) is 0.497. The van der Waals surface area contributed by atoms with Crippen LogP contribution >= 0.6 is 0 Å². The summed E-state index contributed by atoms with van der Waals surface area (Å²) in [5.41, 5.74) is 1.09. The van der Waals surface area contributed by atoms with E-state index in [2.05, 4.69) is 0 Å². The van der Waals surface area contributed by atoms with Crippen molar-refractivity contribution in [3.8, 4) is 5.75 Å². The Labute approximate surface area is 116 Å². The van der Waals surface area contributed by atoms with Gasteiger partial charge in [0, 0.05) is 30.5 Å². The molecule has 2 rings (SSSR count). The summed E-state index contributed by atoms with van der Waals surface area (Å²) < 4.78 is 15.7. The number of benzene rings is 1. The van der Waals surface area contributed by atoms with Crippen LogP contribution in [0.2, 0.25) is 0 Å². The molecule has 0 fully saturated rings. The number of rotatable bonds is 7. The summed E-state index contributed by atoms with van der Waals surface area (Å²) in [5, 5.41) is 20.5. The van der Waals surface area contributed by atoms with Crippen molar-refractivity contribution in [1.82, 2.24) is 0 Å². The maximum absolute atomic E-state index is 10.6. The molecule has 0 bridgehead atoms. The molecule has 0 saturated heterocycles. The van der Waals surface area contributed by atoms with E-state index in [-0.39, 0.29) is 6.54 Å². The Morgan fingerprint density at radius 3 is 3.00 bits per heavy atom. The largest absolute Gasteiger partial charge is 0.496 e. The number of nitrogens with zero attached hydrogens (tertiary/aromatic N) is 1. The average molecular weight is 281 g/mol. The second-order valence-corrected chi connectivity index (χ2v) is 4.45. The van der Waals surface area contributed by atoms with Crippen LogP contribution < -0.4 is 10.2 Å². The van der Waals surface area contributed by atoms with Crippen LogP contribution in [0.25, 0.3) is 0 Å². The van der Waals surface area contributed by atoms with Crippen molar-refractivity contribution in [1.29, 1.82) is 0 Å². The number of fused-ring (bicyclic) bond motifs is 1. The smallest absolute Gasteiger partial charge is 0.494 e. The molecule has 0 aliphatic carbocycles. The lowest BCUT2D eigenvalue weighted by Gasteiger charge is -2.10. The van der Waals surface area contributed by atoms with E-state index in [1.807, 2.05) is 0 Å². The van der Waals surface area contributed by atoms with Crippen molar-refractivity contribution in [3.63, 3.8) is 0 Å². The van der Waals surface area contributed by atoms with Crippen molar-refractivity contribution in [2.24, 2.45) is 0 Å². The molecule has 1 aliphatic heterocycles. The molecular weight excluding hydrogens is 265 g/mol. The average Bonchev–Trinajstić information content (AvgIpc) is 2.72. The summed E-state index contributed by atoms with van der Waals surface area (Å²) in [4.78, 5) is 10.1. The van der Waals surface area contributed by atoms with E-state index in [9.17, 15) is 15.1 Å². The molecule has 0 aromatic heterocycles. The van der Waals surface area contributed by atoms with Crippen LogP contribution in [0, 0.1) is 10.1 Å². The van der Waals surface area contributed by atoms with Gasteiger partial charge < -0.3 is 19.2 Å². The van der Waals surface area contributed by atoms with Gasteiger partial charge in [-0.15, -0.1) is 0 Å². The summed E-state index contributed by atoms with van der Waals surface area (Å²) in [7, 11) is 0.425. The molecule has 0 spiro atoms.